The van der Waals surface area contributed by atoms with Crippen LogP contribution in [0.4, 0.5) is 0 Å². The monoisotopic (exact) mass is 1890 g/mol. The average Bonchev–Trinajstić information content (AvgIpc) is 1.49. The zero-order valence-corrected chi connectivity index (χ0v) is 78.5. The lowest BCUT2D eigenvalue weighted by molar-refractivity contribution is -0.950. The van der Waals surface area contributed by atoms with E-state index in [0.29, 0.717) is 60.9 Å². The number of benzene rings is 6. The molecule has 23 atom stereocenters. The van der Waals surface area contributed by atoms with Crippen LogP contribution in [0, 0.1) is 29.6 Å². The van der Waals surface area contributed by atoms with Crippen LogP contribution in [0.3, 0.4) is 0 Å². The largest absolute Gasteiger partial charge is 1.00 e. The number of halogens is 1. The number of aliphatic hydroxyl groups excluding tert-OH is 1. The van der Waals surface area contributed by atoms with Crippen molar-refractivity contribution in [1.29, 1.82) is 0 Å². The van der Waals surface area contributed by atoms with Crippen LogP contribution in [-0.2, 0) is 70.4 Å². The van der Waals surface area contributed by atoms with E-state index in [1.807, 2.05) is 30.3 Å². The van der Waals surface area contributed by atoms with Crippen LogP contribution in [0.25, 0.3) is 10.9 Å². The molecular weight excluding hydrogens is 1760 g/mol. The SMILES string of the molecule is C=C1CC[C@@]2(O)[C@H]3Cc4ccc(O)c5c4[C@@]2(CCN3CC2CC2)[C@H]1O5.C[N+]1(CC2CC2)CC[C@]23c4c5ccc(O)c4O[C@H]2C(=O)CC[C@@]3(O)[C@H]1C5.N[C@@H]1CC[C@@]2(O)[C@H]3Cc4ccc(O)c5c4[C@@]2(CCN3CC2CC2)[C@H]1O5.Oc1ccc2c3c1O[C@H]1[C@@H](O)CC[C@@]4(O)[C@@H](C2)N(CC2CCC2)CC[C@]314.Oc1ccc2c3c1O[C@H]1c4[nH]c5ccccc5c4C[C@@]4(O)[C@@H](C2)N(CC2CC2)CC[C@]314.[Br-]. The van der Waals surface area contributed by atoms with Crippen LogP contribution in [0.1, 0.15) is 227 Å². The number of nitrogens with one attached hydrogen (secondary N) is 1. The molecule has 32 rings (SSSR count). The van der Waals surface area contributed by atoms with Crippen LogP contribution in [0.5, 0.6) is 57.5 Å². The van der Waals surface area contributed by atoms with E-state index in [1.54, 1.807) is 30.3 Å². The summed E-state index contributed by atoms with van der Waals surface area (Å²) in [4.78, 5) is 26.6. The van der Waals surface area contributed by atoms with Crippen LogP contribution in [0.2, 0.25) is 0 Å². The first-order chi connectivity index (χ1) is 64.1. The Kier molecular flexibility index (Phi) is 18.4. The lowest BCUT2D eigenvalue weighted by Gasteiger charge is -2.64. The lowest BCUT2D eigenvalue weighted by atomic mass is 9.48. The second kappa shape index (κ2) is 28.8. The number of piperidine rings is 5. The summed E-state index contributed by atoms with van der Waals surface area (Å²) in [5.41, 5.74) is 15.2. The number of phenols is 5. The summed E-state index contributed by atoms with van der Waals surface area (Å²) in [5, 5.41) is 125. The molecule has 134 heavy (non-hydrogen) atoms. The van der Waals surface area contributed by atoms with Crippen molar-refractivity contribution < 1.29 is 106 Å². The number of hydrogen-bond donors (Lipinski definition) is 13. The molecule has 1 unspecified atom stereocenters. The average molecular weight is 1890 g/mol. The molecule has 10 bridgehead atoms. The molecule has 14 fully saturated rings. The molecule has 5 saturated heterocycles. The molecule has 1 aromatic heterocycles. The minimum Gasteiger partial charge on any atom is -1.00 e. The van der Waals surface area contributed by atoms with Gasteiger partial charge in [0.05, 0.1) is 81.4 Å². The summed E-state index contributed by atoms with van der Waals surface area (Å²) >= 11 is 0. The van der Waals surface area contributed by atoms with Gasteiger partial charge in [0.25, 0.3) is 0 Å². The predicted molar refractivity (Wildman–Crippen MR) is 493 cm³/mol. The van der Waals surface area contributed by atoms with E-state index in [0.717, 1.165) is 240 Å². The molecule has 710 valence electrons. The number of likely N-dealkylation sites (N-methyl/N-ethyl adjacent to an activating group) is 1. The van der Waals surface area contributed by atoms with E-state index in [9.17, 15) is 61.0 Å². The number of ketones is 1. The molecular formula is C109H130BrN7O17. The highest BCUT2D eigenvalue weighted by Gasteiger charge is 2.80. The number of phenolic OH excluding ortho intramolecular Hbond substituents is 5. The van der Waals surface area contributed by atoms with E-state index in [2.05, 4.69) is 62.5 Å². The number of aromatic amines is 1. The number of carbonyl (C=O) groups excluding carboxylic acids is 1. The fourth-order valence-electron chi connectivity index (χ4n) is 34.3. The number of aromatic nitrogens is 1. The third-order valence-corrected chi connectivity index (χ3v) is 41.1. The molecule has 0 amide bonds. The molecule has 5 spiro atoms. The summed E-state index contributed by atoms with van der Waals surface area (Å²) in [5.74, 6) is 7.66. The number of ether oxygens (including phenoxy) is 5. The first-order valence-electron chi connectivity index (χ1n) is 51.4. The highest BCUT2D eigenvalue weighted by Crippen LogP contribution is 2.74. The van der Waals surface area contributed by atoms with Crippen molar-refractivity contribution in [2.45, 2.75) is 321 Å². The first-order valence-corrected chi connectivity index (χ1v) is 51.4. The topological polar surface area (TPSA) is 341 Å². The zero-order chi connectivity index (χ0) is 90.1. The fourth-order valence-corrected chi connectivity index (χ4v) is 34.3. The number of likely N-dealkylation sites (tertiary alicyclic amines) is 5. The number of hydrogen-bond acceptors (Lipinski definition) is 22. The van der Waals surface area contributed by atoms with Crippen molar-refractivity contribution in [2.24, 2.45) is 35.3 Å². The summed E-state index contributed by atoms with van der Waals surface area (Å²) in [6.07, 6.45) is 26.2. The normalized spacial score (nSPS) is 41.3. The van der Waals surface area contributed by atoms with Gasteiger partial charge in [-0.2, -0.15) is 0 Å². The predicted octanol–water partition coefficient (Wildman–Crippen LogP) is 7.75. The Morgan fingerprint density at radius 3 is 1.34 bits per heavy atom. The van der Waals surface area contributed by atoms with E-state index in [1.165, 1.54) is 104 Å². The van der Waals surface area contributed by atoms with Crippen molar-refractivity contribution in [1.82, 2.24) is 24.6 Å². The van der Waals surface area contributed by atoms with E-state index < -0.39 is 73.4 Å². The minimum atomic E-state index is -0.931. The lowest BCUT2D eigenvalue weighted by Crippen LogP contribution is -3.00. The number of H-pyrrole nitrogens is 1. The Labute approximate surface area is 792 Å². The van der Waals surface area contributed by atoms with Gasteiger partial charge < -0.3 is 112 Å². The fraction of sp³-hybridized carbons (Fsp3) is 0.624. The van der Waals surface area contributed by atoms with E-state index in [4.69, 9.17) is 29.4 Å². The van der Waals surface area contributed by atoms with Crippen molar-refractivity contribution in [3.05, 3.63) is 164 Å². The van der Waals surface area contributed by atoms with Gasteiger partial charge >= 0.3 is 0 Å². The van der Waals surface area contributed by atoms with Gasteiger partial charge in [-0.25, -0.2) is 0 Å². The standard InChI is InChI=1S/C26H26N2O3.C21H25NO4.C21H27NO4.C21H25NO3.C20H26N2O3.BrH/c29-19-8-7-15-11-20-26(30)12-17-16-3-1-2-4-18(16)27-22(17)24-25(26,21(15)23(19)31-24)9-10-28(20)13-14-5-6-14;1-22(11-12-2-3-12)9-8-20-17-13-4-5-14(23)18(17)26-19(20)15(24)6-7-21(20,25)16(22)10-13;23-14-5-4-13-10-16-21(25)7-6-15(24)19-20(21,17(13)18(14)26-19)8-9-22(16)11-12-2-1-3-12;1-12-6-7-21(24)16-10-14-4-5-15(23)18-17(14)20(21,19(12)25-18)8-9-22(16)11-13-2-3-13;21-13-5-6-20(24)15-9-12-3-4-14(23)17-16(12)19(20,18(13)25-17)7-8-22(15)10-11-1-2-11;/h1-4,7-8,14,20,24,27,29-30H,5-6,9-13H2;4-5,12,16,19,25H,2-3,6-11H2,1H3;4-5,12,15-16,19,23-25H,1-3,6-11H2;4-5,13,16,19,23-24H,1-3,6-11H2;3-4,11,13,15,18,23-24H,1-2,5-10,21H2;1H/t20-,24+,25+,26-;16-,19+,20+,21-,22?;15-,16+,19-,20-,21+;16-,19+,20+,21-;13-,15-,18+,19+,20-;/m11011./s1. The zero-order valence-electron chi connectivity index (χ0n) is 76.9. The highest BCUT2D eigenvalue weighted by molar-refractivity contribution is 5.90. The van der Waals surface area contributed by atoms with Gasteiger partial charge in [-0.3, -0.25) is 24.4 Å². The van der Waals surface area contributed by atoms with Gasteiger partial charge in [-0.05, 0) is 286 Å². The quantitative estimate of drug-likeness (QED) is 0.0459. The van der Waals surface area contributed by atoms with Crippen molar-refractivity contribution in [2.75, 3.05) is 72.5 Å². The van der Waals surface area contributed by atoms with E-state index >= 15 is 0 Å². The molecule has 9 saturated carbocycles. The van der Waals surface area contributed by atoms with E-state index in [-0.39, 0.29) is 106 Å². The smallest absolute Gasteiger partial charge is 0.174 e. The summed E-state index contributed by atoms with van der Waals surface area (Å²) in [7, 11) is 2.31. The molecule has 25 heteroatoms. The number of para-hydroxylation sites is 1. The van der Waals surface area contributed by atoms with Crippen LogP contribution in [-0.4, -0.2) is 258 Å². The molecule has 6 aromatic carbocycles. The van der Waals surface area contributed by atoms with Crippen molar-refractivity contribution >= 4 is 16.7 Å². The molecule has 10 aliphatic heterocycles. The number of rotatable bonds is 10. The minimum absolute atomic E-state index is 0. The number of carbonyl (C=O) groups is 1. The Hall–Kier alpha value is -7.73. The third-order valence-electron chi connectivity index (χ3n) is 41.1. The van der Waals surface area contributed by atoms with Crippen molar-refractivity contribution in [3.8, 4) is 57.5 Å². The summed E-state index contributed by atoms with van der Waals surface area (Å²) in [6.45, 7) is 14.7. The van der Waals surface area contributed by atoms with Gasteiger partial charge in [0, 0.05) is 127 Å². The number of nitrogens with two attached hydrogens (primary N) is 1. The second-order valence-electron chi connectivity index (χ2n) is 47.2. The maximum absolute atomic E-state index is 12.8. The first kappa shape index (κ1) is 85.5. The van der Waals surface area contributed by atoms with Gasteiger partial charge in [0.1, 0.15) is 30.0 Å². The van der Waals surface area contributed by atoms with Crippen LogP contribution >= 0.6 is 0 Å². The number of fused-ring (bicyclic) bond motifs is 4. The number of nitrogens with zero attached hydrogens (tertiary/aromatic N) is 5. The Morgan fingerprint density at radius 2 is 0.836 bits per heavy atom. The van der Waals surface area contributed by atoms with Crippen LogP contribution in [0.15, 0.2) is 97.1 Å². The van der Waals surface area contributed by atoms with Gasteiger partial charge in [-0.1, -0.05) is 61.5 Å². The number of quaternary nitrogens is 1. The molecule has 25 aliphatic rings. The summed E-state index contributed by atoms with van der Waals surface area (Å²) in [6, 6.07) is 27.7. The summed E-state index contributed by atoms with van der Waals surface area (Å²) < 4.78 is 32.3. The molecule has 11 heterocycles. The Morgan fingerprint density at radius 1 is 0.433 bits per heavy atom. The maximum atomic E-state index is 12.8. The number of aromatic hydroxyl groups is 5. The van der Waals surface area contributed by atoms with Gasteiger partial charge in [0.15, 0.2) is 75.5 Å². The molecule has 24 nitrogen and oxygen atoms in total. The number of aliphatic hydroxyl groups is 6. The van der Waals surface area contributed by atoms with Crippen molar-refractivity contribution in [3.63, 3.8) is 0 Å². The van der Waals surface area contributed by atoms with Gasteiger partial charge in [0.2, 0.25) is 0 Å². The second-order valence-corrected chi connectivity index (χ2v) is 47.2. The molecule has 14 N–H and O–H groups in total. The Bertz CT molecular complexity index is 6150. The molecule has 0 radical (unpaired) electrons. The highest BCUT2D eigenvalue weighted by atomic mass is 79.9. The van der Waals surface area contributed by atoms with Gasteiger partial charge in [-0.15, -0.1) is 0 Å². The molecule has 15 aliphatic carbocycles. The Balaban J connectivity index is 0.0000000853. The number of Topliss-reactive ketones (excluding diaryl/α,β-unsaturated/α-hetero) is 1. The third kappa shape index (κ3) is 10.9. The maximum Gasteiger partial charge on any atom is 0.174 e. The van der Waals surface area contributed by atoms with Crippen LogP contribution < -0.4 is 46.4 Å². The molecule has 7 aromatic rings.